The van der Waals surface area contributed by atoms with Crippen LogP contribution < -0.4 is 10.6 Å². The summed E-state index contributed by atoms with van der Waals surface area (Å²) in [6.07, 6.45) is -0.556. The fourth-order valence-electron chi connectivity index (χ4n) is 1.52. The lowest BCUT2D eigenvalue weighted by Gasteiger charge is -2.20. The average Bonchev–Trinajstić information content (AvgIpc) is 2.36. The van der Waals surface area contributed by atoms with Crippen LogP contribution in [0.2, 0.25) is 0 Å². The van der Waals surface area contributed by atoms with Gasteiger partial charge >= 0.3 is 12.1 Å². The Morgan fingerprint density at radius 2 is 1.80 bits per heavy atom. The Kier molecular flexibility index (Phi) is 4.96. The van der Waals surface area contributed by atoms with Crippen LogP contribution in [0.3, 0.4) is 0 Å². The largest absolute Gasteiger partial charge is 0.465 e. The van der Waals surface area contributed by atoms with Gasteiger partial charge in [-0.15, -0.1) is 0 Å². The van der Waals surface area contributed by atoms with Crippen LogP contribution in [0.15, 0.2) is 18.2 Å². The summed E-state index contributed by atoms with van der Waals surface area (Å²) in [7, 11) is 3.00. The summed E-state index contributed by atoms with van der Waals surface area (Å²) in [6.45, 7) is 5.35. The Morgan fingerprint density at radius 3 is 2.30 bits per heavy atom. The third kappa shape index (κ3) is 4.46. The van der Waals surface area contributed by atoms with Crippen molar-refractivity contribution in [3.05, 3.63) is 23.8 Å². The molecule has 1 amide bonds. The standard InChI is InChI=1S/C14H20N2O4/c1-14(2,3)20-13(18)16-10-7-6-9(12(17)19-5)8-11(10)15-4/h6-8,15H,1-5H3,(H,16,18). The molecule has 110 valence electrons. The number of benzene rings is 1. The van der Waals surface area contributed by atoms with Gasteiger partial charge in [-0.2, -0.15) is 0 Å². The zero-order chi connectivity index (χ0) is 15.3. The van der Waals surface area contributed by atoms with Crippen LogP contribution in [0.1, 0.15) is 31.1 Å². The van der Waals surface area contributed by atoms with Gasteiger partial charge in [-0.25, -0.2) is 9.59 Å². The third-order valence-corrected chi connectivity index (χ3v) is 2.35. The second-order valence-electron chi connectivity index (χ2n) is 5.13. The number of carbonyl (C=O) groups is 2. The quantitative estimate of drug-likeness (QED) is 0.832. The predicted molar refractivity (Wildman–Crippen MR) is 77.2 cm³/mol. The number of methoxy groups -OCH3 is 1. The van der Waals surface area contributed by atoms with Crippen LogP contribution in [0.25, 0.3) is 0 Å². The molecule has 0 aliphatic heterocycles. The molecule has 0 saturated heterocycles. The maximum atomic E-state index is 11.7. The van der Waals surface area contributed by atoms with Crippen LogP contribution in [0.5, 0.6) is 0 Å². The Bertz CT molecular complexity index is 506. The molecular weight excluding hydrogens is 260 g/mol. The average molecular weight is 280 g/mol. The van der Waals surface area contributed by atoms with E-state index >= 15 is 0 Å². The summed E-state index contributed by atoms with van der Waals surface area (Å²) >= 11 is 0. The van der Waals surface area contributed by atoms with Gasteiger partial charge in [0, 0.05) is 7.05 Å². The zero-order valence-electron chi connectivity index (χ0n) is 12.4. The van der Waals surface area contributed by atoms with E-state index in [4.69, 9.17) is 4.74 Å². The van der Waals surface area contributed by atoms with E-state index in [-0.39, 0.29) is 0 Å². The van der Waals surface area contributed by atoms with E-state index in [2.05, 4.69) is 15.4 Å². The van der Waals surface area contributed by atoms with Crippen molar-refractivity contribution in [2.24, 2.45) is 0 Å². The van der Waals surface area contributed by atoms with Crippen molar-refractivity contribution >= 4 is 23.4 Å². The smallest absolute Gasteiger partial charge is 0.412 e. The maximum absolute atomic E-state index is 11.7. The SMILES string of the molecule is CNc1cc(C(=O)OC)ccc1NC(=O)OC(C)(C)C. The monoisotopic (exact) mass is 280 g/mol. The van der Waals surface area contributed by atoms with E-state index in [0.717, 1.165) is 0 Å². The molecule has 0 aromatic heterocycles. The molecule has 0 spiro atoms. The Morgan fingerprint density at radius 1 is 1.15 bits per heavy atom. The molecular formula is C14H20N2O4. The summed E-state index contributed by atoms with van der Waals surface area (Å²) in [5.74, 6) is -0.440. The number of rotatable bonds is 3. The molecule has 20 heavy (non-hydrogen) atoms. The first kappa shape index (κ1) is 15.8. The molecule has 0 radical (unpaired) electrons. The van der Waals surface area contributed by atoms with Crippen LogP contribution in [0.4, 0.5) is 16.2 Å². The molecule has 0 aliphatic rings. The first-order valence-electron chi connectivity index (χ1n) is 6.17. The van der Waals surface area contributed by atoms with Gasteiger partial charge in [0.25, 0.3) is 0 Å². The molecule has 1 aromatic carbocycles. The fourth-order valence-corrected chi connectivity index (χ4v) is 1.52. The van der Waals surface area contributed by atoms with Gasteiger partial charge in [-0.1, -0.05) is 0 Å². The predicted octanol–water partition coefficient (Wildman–Crippen LogP) is 2.86. The molecule has 6 heteroatoms. The maximum Gasteiger partial charge on any atom is 0.412 e. The van der Waals surface area contributed by atoms with E-state index < -0.39 is 17.7 Å². The summed E-state index contributed by atoms with van der Waals surface area (Å²) < 4.78 is 9.81. The highest BCUT2D eigenvalue weighted by Gasteiger charge is 2.17. The van der Waals surface area contributed by atoms with Crippen molar-refractivity contribution in [1.82, 2.24) is 0 Å². The third-order valence-electron chi connectivity index (χ3n) is 2.35. The number of nitrogens with one attached hydrogen (secondary N) is 2. The van der Waals surface area contributed by atoms with Crippen molar-refractivity contribution in [1.29, 1.82) is 0 Å². The highest BCUT2D eigenvalue weighted by atomic mass is 16.6. The Labute approximate surface area is 118 Å². The number of hydrogen-bond acceptors (Lipinski definition) is 5. The minimum atomic E-state index is -0.574. The second-order valence-corrected chi connectivity index (χ2v) is 5.13. The lowest BCUT2D eigenvalue weighted by Crippen LogP contribution is -2.27. The van der Waals surface area contributed by atoms with Crippen LogP contribution in [-0.2, 0) is 9.47 Å². The lowest BCUT2D eigenvalue weighted by molar-refractivity contribution is 0.0599. The fraction of sp³-hybridized carbons (Fsp3) is 0.429. The number of anilines is 2. The number of hydrogen-bond donors (Lipinski definition) is 2. The highest BCUT2D eigenvalue weighted by Crippen LogP contribution is 2.24. The van der Waals surface area contributed by atoms with Crippen molar-refractivity contribution in [2.45, 2.75) is 26.4 Å². The van der Waals surface area contributed by atoms with Crippen molar-refractivity contribution < 1.29 is 19.1 Å². The van der Waals surface area contributed by atoms with E-state index in [9.17, 15) is 9.59 Å². The van der Waals surface area contributed by atoms with Crippen molar-refractivity contribution in [3.8, 4) is 0 Å². The minimum absolute atomic E-state index is 0.395. The molecule has 0 aliphatic carbocycles. The first-order valence-corrected chi connectivity index (χ1v) is 6.17. The summed E-state index contributed by atoms with van der Waals surface area (Å²) in [5.41, 5.74) is 0.940. The molecule has 0 unspecified atom stereocenters. The Balaban J connectivity index is 2.91. The molecule has 2 N–H and O–H groups in total. The number of ether oxygens (including phenoxy) is 2. The first-order chi connectivity index (χ1) is 9.26. The van der Waals surface area contributed by atoms with Crippen LogP contribution >= 0.6 is 0 Å². The van der Waals surface area contributed by atoms with Crippen molar-refractivity contribution in [2.75, 3.05) is 24.8 Å². The zero-order valence-corrected chi connectivity index (χ0v) is 12.4. The minimum Gasteiger partial charge on any atom is -0.465 e. The molecule has 1 rings (SSSR count). The van der Waals surface area contributed by atoms with E-state index in [1.807, 2.05) is 0 Å². The van der Waals surface area contributed by atoms with Crippen LogP contribution in [-0.4, -0.2) is 31.8 Å². The number of amides is 1. The number of carbonyl (C=O) groups excluding carboxylic acids is 2. The Hall–Kier alpha value is -2.24. The molecule has 6 nitrogen and oxygen atoms in total. The van der Waals surface area contributed by atoms with Gasteiger partial charge in [0.1, 0.15) is 5.60 Å². The van der Waals surface area contributed by atoms with Gasteiger partial charge in [0.05, 0.1) is 24.0 Å². The topological polar surface area (TPSA) is 76.7 Å². The molecule has 0 fully saturated rings. The molecule has 1 aromatic rings. The molecule has 0 atom stereocenters. The van der Waals surface area contributed by atoms with E-state index in [0.29, 0.717) is 16.9 Å². The summed E-state index contributed by atoms with van der Waals surface area (Å²) in [6, 6.07) is 4.78. The lowest BCUT2D eigenvalue weighted by atomic mass is 10.1. The second kappa shape index (κ2) is 6.27. The summed E-state index contributed by atoms with van der Waals surface area (Å²) in [5, 5.41) is 5.53. The van der Waals surface area contributed by atoms with Gasteiger partial charge in [-0.05, 0) is 39.0 Å². The van der Waals surface area contributed by atoms with E-state index in [1.165, 1.54) is 7.11 Å². The molecule has 0 heterocycles. The van der Waals surface area contributed by atoms with Gasteiger partial charge < -0.3 is 14.8 Å². The summed E-state index contributed by atoms with van der Waals surface area (Å²) in [4.78, 5) is 23.2. The van der Waals surface area contributed by atoms with Crippen molar-refractivity contribution in [3.63, 3.8) is 0 Å². The number of esters is 1. The van der Waals surface area contributed by atoms with E-state index in [1.54, 1.807) is 46.0 Å². The highest BCUT2D eigenvalue weighted by molar-refractivity contribution is 5.95. The normalized spacial score (nSPS) is 10.7. The molecule has 0 saturated carbocycles. The van der Waals surface area contributed by atoms with Gasteiger partial charge in [0.2, 0.25) is 0 Å². The van der Waals surface area contributed by atoms with Gasteiger partial charge in [-0.3, -0.25) is 5.32 Å². The molecule has 0 bridgehead atoms. The van der Waals surface area contributed by atoms with Gasteiger partial charge in [0.15, 0.2) is 0 Å². The van der Waals surface area contributed by atoms with Crippen LogP contribution in [0, 0.1) is 0 Å².